The molecule has 2 saturated carbocycles. The van der Waals surface area contributed by atoms with Gasteiger partial charge in [0.15, 0.2) is 0 Å². The average molecular weight is 224 g/mol. The van der Waals surface area contributed by atoms with Crippen LogP contribution < -0.4 is 0 Å². The van der Waals surface area contributed by atoms with Gasteiger partial charge in [-0.2, -0.15) is 0 Å². The summed E-state index contributed by atoms with van der Waals surface area (Å²) in [7, 11) is 0. The van der Waals surface area contributed by atoms with Crippen LogP contribution in [0.5, 0.6) is 0 Å². The van der Waals surface area contributed by atoms with Crippen LogP contribution >= 0.6 is 0 Å². The highest BCUT2D eigenvalue weighted by atomic mass is 16.6. The molecule has 2 rings (SSSR count). The minimum atomic E-state index is -0.0757. The molecule has 0 aliphatic heterocycles. The summed E-state index contributed by atoms with van der Waals surface area (Å²) >= 11 is 0. The molecule has 0 radical (unpaired) electrons. The third kappa shape index (κ3) is 2.11. The topological polar surface area (TPSA) is 26.3 Å². The number of unbranched alkanes of at least 4 members (excludes halogenated alkanes) is 1. The van der Waals surface area contributed by atoms with Crippen molar-refractivity contribution in [3.05, 3.63) is 0 Å². The molecule has 0 spiro atoms. The second kappa shape index (κ2) is 4.77. The van der Waals surface area contributed by atoms with E-state index in [1.807, 2.05) is 0 Å². The number of ether oxygens (including phenoxy) is 1. The number of hydrogen-bond donors (Lipinski definition) is 0. The van der Waals surface area contributed by atoms with Crippen molar-refractivity contribution in [2.45, 2.75) is 70.8 Å². The van der Waals surface area contributed by atoms with E-state index < -0.39 is 0 Å². The molecule has 0 heterocycles. The Kier molecular flexibility index (Phi) is 3.56. The second-order valence-corrected chi connectivity index (χ2v) is 5.58. The van der Waals surface area contributed by atoms with E-state index in [2.05, 4.69) is 13.8 Å². The van der Waals surface area contributed by atoms with E-state index in [1.165, 1.54) is 19.3 Å². The van der Waals surface area contributed by atoms with Crippen LogP contribution in [-0.4, -0.2) is 11.6 Å². The molecular weight excluding hydrogens is 200 g/mol. The largest absolute Gasteiger partial charge is 0.459 e. The predicted octanol–water partition coefficient (Wildman–Crippen LogP) is 3.69. The van der Waals surface area contributed by atoms with Crippen LogP contribution in [0.1, 0.15) is 65.2 Å². The lowest BCUT2D eigenvalue weighted by Gasteiger charge is -2.36. The van der Waals surface area contributed by atoms with Gasteiger partial charge >= 0.3 is 5.97 Å². The lowest BCUT2D eigenvalue weighted by Crippen LogP contribution is -2.39. The van der Waals surface area contributed by atoms with E-state index in [4.69, 9.17) is 4.74 Å². The highest BCUT2D eigenvalue weighted by Gasteiger charge is 2.52. The number of carbonyl (C=O) groups excluding carboxylic acids is 1. The van der Waals surface area contributed by atoms with Crippen LogP contribution in [0, 0.1) is 11.8 Å². The minimum Gasteiger partial charge on any atom is -0.459 e. The van der Waals surface area contributed by atoms with Crippen molar-refractivity contribution in [2.24, 2.45) is 11.8 Å². The van der Waals surface area contributed by atoms with Crippen molar-refractivity contribution in [3.63, 3.8) is 0 Å². The Labute approximate surface area is 98.7 Å². The van der Waals surface area contributed by atoms with Crippen LogP contribution in [0.25, 0.3) is 0 Å². The molecule has 0 saturated heterocycles. The fourth-order valence-electron chi connectivity index (χ4n) is 3.62. The summed E-state index contributed by atoms with van der Waals surface area (Å²) in [6.45, 7) is 4.29. The van der Waals surface area contributed by atoms with Gasteiger partial charge in [-0.05, 0) is 50.4 Å². The molecule has 0 N–H and O–H groups in total. The van der Waals surface area contributed by atoms with Gasteiger partial charge in [0.2, 0.25) is 0 Å². The molecule has 0 unspecified atom stereocenters. The average Bonchev–Trinajstić information content (AvgIpc) is 2.86. The molecular formula is C14H24O2. The first-order valence-corrected chi connectivity index (χ1v) is 6.92. The molecule has 2 bridgehead atoms. The molecule has 16 heavy (non-hydrogen) atoms. The quantitative estimate of drug-likeness (QED) is 0.666. The Morgan fingerprint density at radius 3 is 2.69 bits per heavy atom. The zero-order valence-electron chi connectivity index (χ0n) is 10.6. The summed E-state index contributed by atoms with van der Waals surface area (Å²) in [5.74, 6) is 1.54. The number of carbonyl (C=O) groups is 1. The van der Waals surface area contributed by atoms with Gasteiger partial charge in [0.25, 0.3) is 0 Å². The second-order valence-electron chi connectivity index (χ2n) is 5.58. The molecule has 92 valence electrons. The summed E-state index contributed by atoms with van der Waals surface area (Å²) in [5.41, 5.74) is -0.0757. The smallest absolute Gasteiger partial charge is 0.306 e. The highest BCUT2D eigenvalue weighted by Crippen LogP contribution is 2.54. The van der Waals surface area contributed by atoms with Crippen molar-refractivity contribution in [1.29, 1.82) is 0 Å². The zero-order chi connectivity index (χ0) is 11.6. The Morgan fingerprint density at radius 1 is 1.38 bits per heavy atom. The molecule has 2 aliphatic carbocycles. The lowest BCUT2D eigenvalue weighted by atomic mass is 9.82. The lowest BCUT2D eigenvalue weighted by molar-refractivity contribution is -0.166. The van der Waals surface area contributed by atoms with Gasteiger partial charge < -0.3 is 4.74 Å². The Bertz CT molecular complexity index is 261. The van der Waals surface area contributed by atoms with Gasteiger partial charge in [-0.25, -0.2) is 0 Å². The predicted molar refractivity (Wildman–Crippen MR) is 64.1 cm³/mol. The Morgan fingerprint density at radius 2 is 2.19 bits per heavy atom. The van der Waals surface area contributed by atoms with Gasteiger partial charge in [0, 0.05) is 6.42 Å². The van der Waals surface area contributed by atoms with Crippen molar-refractivity contribution in [3.8, 4) is 0 Å². The Balaban J connectivity index is 1.93. The molecule has 2 aliphatic rings. The Hall–Kier alpha value is -0.530. The maximum atomic E-state index is 11.8. The van der Waals surface area contributed by atoms with Gasteiger partial charge in [-0.1, -0.05) is 20.3 Å². The van der Waals surface area contributed by atoms with Crippen LogP contribution in [0.3, 0.4) is 0 Å². The molecule has 0 aromatic carbocycles. The van der Waals surface area contributed by atoms with Crippen LogP contribution in [0.15, 0.2) is 0 Å². The summed E-state index contributed by atoms with van der Waals surface area (Å²) in [6, 6.07) is 0. The van der Waals surface area contributed by atoms with E-state index in [-0.39, 0.29) is 11.6 Å². The number of hydrogen-bond acceptors (Lipinski definition) is 2. The molecule has 0 aromatic heterocycles. The highest BCUT2D eigenvalue weighted by molar-refractivity contribution is 5.70. The summed E-state index contributed by atoms with van der Waals surface area (Å²) in [4.78, 5) is 11.8. The normalized spacial score (nSPS) is 36.6. The SMILES string of the molecule is CCCCC(=O)O[C@]1(CC)C[C@@H]2CC[C@H]1C2. The maximum absolute atomic E-state index is 11.8. The van der Waals surface area contributed by atoms with Crippen molar-refractivity contribution >= 4 is 5.97 Å². The fraction of sp³-hybridized carbons (Fsp3) is 0.929. The van der Waals surface area contributed by atoms with Crippen LogP contribution in [0.4, 0.5) is 0 Å². The van der Waals surface area contributed by atoms with Gasteiger partial charge in [-0.3, -0.25) is 4.79 Å². The molecule has 2 fully saturated rings. The molecule has 2 nitrogen and oxygen atoms in total. The third-order valence-corrected chi connectivity index (χ3v) is 4.57. The molecule has 0 amide bonds. The monoisotopic (exact) mass is 224 g/mol. The van der Waals surface area contributed by atoms with Crippen molar-refractivity contribution in [2.75, 3.05) is 0 Å². The van der Waals surface area contributed by atoms with Gasteiger partial charge in [-0.15, -0.1) is 0 Å². The van der Waals surface area contributed by atoms with E-state index in [1.54, 1.807) is 0 Å². The van der Waals surface area contributed by atoms with Gasteiger partial charge in [0.05, 0.1) is 0 Å². The minimum absolute atomic E-state index is 0.0382. The first-order valence-electron chi connectivity index (χ1n) is 6.92. The summed E-state index contributed by atoms with van der Waals surface area (Å²) in [5, 5.41) is 0. The van der Waals surface area contributed by atoms with E-state index in [9.17, 15) is 4.79 Å². The molecule has 3 atom stereocenters. The standard InChI is InChI=1S/C14H24O2/c1-3-5-6-13(15)16-14(4-2)10-11-7-8-12(14)9-11/h11-12H,3-10H2,1-2H3/t11-,12+,14-/m1/s1. The number of esters is 1. The van der Waals surface area contributed by atoms with E-state index >= 15 is 0 Å². The van der Waals surface area contributed by atoms with E-state index in [0.717, 1.165) is 31.6 Å². The van der Waals surface area contributed by atoms with Crippen LogP contribution in [0.2, 0.25) is 0 Å². The number of rotatable bonds is 5. The van der Waals surface area contributed by atoms with Gasteiger partial charge in [0.1, 0.15) is 5.60 Å². The van der Waals surface area contributed by atoms with Crippen molar-refractivity contribution < 1.29 is 9.53 Å². The van der Waals surface area contributed by atoms with E-state index in [0.29, 0.717) is 12.3 Å². The third-order valence-electron chi connectivity index (χ3n) is 4.57. The first-order chi connectivity index (χ1) is 7.70. The first kappa shape index (κ1) is 11.9. The molecule has 2 heteroatoms. The fourth-order valence-corrected chi connectivity index (χ4v) is 3.62. The van der Waals surface area contributed by atoms with Crippen molar-refractivity contribution in [1.82, 2.24) is 0 Å². The summed E-state index contributed by atoms with van der Waals surface area (Å²) < 4.78 is 5.85. The number of fused-ring (bicyclic) bond motifs is 2. The molecule has 0 aromatic rings. The maximum Gasteiger partial charge on any atom is 0.306 e. The van der Waals surface area contributed by atoms with Crippen LogP contribution in [-0.2, 0) is 9.53 Å². The summed E-state index contributed by atoms with van der Waals surface area (Å²) in [6.07, 6.45) is 8.72. The zero-order valence-corrected chi connectivity index (χ0v) is 10.6.